The van der Waals surface area contributed by atoms with E-state index in [1.807, 2.05) is 30.3 Å². The van der Waals surface area contributed by atoms with Crippen molar-refractivity contribution in [2.75, 3.05) is 19.0 Å². The van der Waals surface area contributed by atoms with Gasteiger partial charge in [-0.15, -0.1) is 11.8 Å². The van der Waals surface area contributed by atoms with Crippen molar-refractivity contribution < 1.29 is 23.1 Å². The first-order valence-corrected chi connectivity index (χ1v) is 14.8. The third kappa shape index (κ3) is 5.85. The van der Waals surface area contributed by atoms with Crippen LogP contribution in [-0.4, -0.2) is 53.7 Å². The van der Waals surface area contributed by atoms with Gasteiger partial charge in [-0.25, -0.2) is 8.42 Å². The van der Waals surface area contributed by atoms with Crippen LogP contribution in [0.3, 0.4) is 0 Å². The van der Waals surface area contributed by atoms with Crippen molar-refractivity contribution in [3.63, 3.8) is 0 Å². The van der Waals surface area contributed by atoms with Gasteiger partial charge in [0.05, 0.1) is 27.3 Å². The lowest BCUT2D eigenvalue weighted by Crippen LogP contribution is -2.19. The van der Waals surface area contributed by atoms with Gasteiger partial charge in [-0.2, -0.15) is 0 Å². The molecule has 3 heterocycles. The minimum atomic E-state index is -3.21. The maximum Gasteiger partial charge on any atom is 0.313 e. The van der Waals surface area contributed by atoms with Crippen molar-refractivity contribution in [3.8, 4) is 11.4 Å². The van der Waals surface area contributed by atoms with E-state index < -0.39 is 15.8 Å². The predicted molar refractivity (Wildman–Crippen MR) is 139 cm³/mol. The zero-order chi connectivity index (χ0) is 25.1. The van der Waals surface area contributed by atoms with E-state index in [9.17, 15) is 13.2 Å². The summed E-state index contributed by atoms with van der Waals surface area (Å²) < 4.78 is 30.9. The van der Waals surface area contributed by atoms with Gasteiger partial charge < -0.3 is 14.8 Å². The number of nitrogens with zero attached hydrogens (tertiary/aromatic N) is 1. The van der Waals surface area contributed by atoms with Crippen molar-refractivity contribution in [3.05, 3.63) is 66.0 Å². The fraction of sp³-hybridized carbons (Fsp3) is 0.407. The van der Waals surface area contributed by atoms with Gasteiger partial charge in [-0.3, -0.25) is 9.78 Å². The van der Waals surface area contributed by atoms with E-state index in [0.29, 0.717) is 10.8 Å². The van der Waals surface area contributed by atoms with Gasteiger partial charge in [0.2, 0.25) is 0 Å². The van der Waals surface area contributed by atoms with Crippen LogP contribution < -0.4 is 0 Å². The zero-order valence-corrected chi connectivity index (χ0v) is 21.6. The first-order chi connectivity index (χ1) is 17.4. The van der Waals surface area contributed by atoms with E-state index in [2.05, 4.69) is 16.0 Å². The number of pyridine rings is 1. The quantitative estimate of drug-likeness (QED) is 0.352. The number of aromatic nitrogens is 2. The third-order valence-electron chi connectivity index (χ3n) is 6.94. The van der Waals surface area contributed by atoms with Gasteiger partial charge in [0.1, 0.15) is 0 Å². The Labute approximate surface area is 215 Å². The molecule has 2 fully saturated rings. The molecule has 1 atom stereocenters. The number of benzene rings is 1. The molecule has 1 saturated carbocycles. The second-order valence-electron chi connectivity index (χ2n) is 9.55. The maximum atomic E-state index is 12.7. The molecule has 190 valence electrons. The Kier molecular flexibility index (Phi) is 7.50. The molecule has 1 aliphatic heterocycles. The number of aliphatic carboxylic acids is 1. The molecule has 1 unspecified atom stereocenters. The fourth-order valence-electron chi connectivity index (χ4n) is 4.75. The van der Waals surface area contributed by atoms with Crippen LogP contribution in [0.2, 0.25) is 0 Å². The molecule has 1 saturated heterocycles. The maximum absolute atomic E-state index is 12.7. The van der Waals surface area contributed by atoms with Gasteiger partial charge in [-0.1, -0.05) is 12.1 Å². The molecular formula is C27H30N2O5S2. The highest BCUT2D eigenvalue weighted by atomic mass is 32.2. The molecule has 1 aliphatic carbocycles. The first kappa shape index (κ1) is 25.0. The van der Waals surface area contributed by atoms with Crippen molar-refractivity contribution in [1.29, 1.82) is 0 Å². The van der Waals surface area contributed by atoms with Gasteiger partial charge >= 0.3 is 5.97 Å². The first-order valence-electron chi connectivity index (χ1n) is 12.3. The third-order valence-corrected chi connectivity index (χ3v) is 10.2. The summed E-state index contributed by atoms with van der Waals surface area (Å²) in [6.07, 6.45) is 6.21. The minimum Gasteiger partial charge on any atom is -0.481 e. The average Bonchev–Trinajstić information content (AvgIpc) is 3.66. The average molecular weight is 527 g/mol. The van der Waals surface area contributed by atoms with Gasteiger partial charge in [0.15, 0.2) is 9.84 Å². The summed E-state index contributed by atoms with van der Waals surface area (Å²) in [5, 5.41) is 8.66. The van der Waals surface area contributed by atoms with Gasteiger partial charge in [-0.05, 0) is 80.0 Å². The highest BCUT2D eigenvalue weighted by Gasteiger charge is 2.37. The summed E-state index contributed by atoms with van der Waals surface area (Å²) in [4.78, 5) is 20.1. The number of aromatic amines is 1. The Bertz CT molecular complexity index is 1290. The molecule has 5 rings (SSSR count). The number of carboxylic acids is 1. The number of carbonyl (C=O) groups is 1. The summed E-state index contributed by atoms with van der Waals surface area (Å²) in [5.41, 5.74) is 3.85. The lowest BCUT2D eigenvalue weighted by molar-refractivity contribution is -0.133. The van der Waals surface area contributed by atoms with Crippen LogP contribution >= 0.6 is 11.8 Å². The van der Waals surface area contributed by atoms with Crippen LogP contribution in [0.15, 0.2) is 64.5 Å². The molecule has 0 radical (unpaired) electrons. The van der Waals surface area contributed by atoms with Crippen molar-refractivity contribution in [2.45, 2.75) is 53.1 Å². The fourth-order valence-corrected chi connectivity index (χ4v) is 6.99. The molecule has 7 nitrogen and oxygen atoms in total. The predicted octanol–water partition coefficient (Wildman–Crippen LogP) is 5.14. The molecule has 2 aliphatic rings. The Morgan fingerprint density at radius 3 is 2.44 bits per heavy atom. The summed E-state index contributed by atoms with van der Waals surface area (Å²) >= 11 is 1.24. The number of carboxylic acid groups (broad SMARTS) is 1. The van der Waals surface area contributed by atoms with Crippen molar-refractivity contribution in [2.24, 2.45) is 5.92 Å². The highest BCUT2D eigenvalue weighted by molar-refractivity contribution is 8.00. The van der Waals surface area contributed by atoms with Crippen molar-refractivity contribution >= 4 is 27.6 Å². The number of rotatable bonds is 10. The SMILES string of the molecule is O=C(O)CSc1ccc(-c2ccc(C(CC3CCOCC3)c3ccc(S(=O)(=O)C4CC4)cc3)[nH]2)nc1. The van der Waals surface area contributed by atoms with Crippen molar-refractivity contribution in [1.82, 2.24) is 9.97 Å². The van der Waals surface area contributed by atoms with Crippen LogP contribution in [0.5, 0.6) is 0 Å². The Balaban J connectivity index is 1.39. The van der Waals surface area contributed by atoms with Crippen LogP contribution in [0, 0.1) is 5.92 Å². The van der Waals surface area contributed by atoms with Crippen LogP contribution in [0.1, 0.15) is 49.3 Å². The van der Waals surface area contributed by atoms with E-state index >= 15 is 0 Å². The summed E-state index contributed by atoms with van der Waals surface area (Å²) in [6, 6.07) is 15.3. The van der Waals surface area contributed by atoms with Crippen LogP contribution in [-0.2, 0) is 19.4 Å². The van der Waals surface area contributed by atoms with E-state index in [1.165, 1.54) is 11.8 Å². The molecule has 0 bridgehead atoms. The number of ether oxygens (including phenoxy) is 1. The molecule has 0 amide bonds. The van der Waals surface area contributed by atoms with Gasteiger partial charge in [0.25, 0.3) is 0 Å². The summed E-state index contributed by atoms with van der Waals surface area (Å²) in [5.74, 6) is -0.215. The molecule has 2 N–H and O–H groups in total. The van der Waals surface area contributed by atoms with E-state index in [1.54, 1.807) is 18.3 Å². The zero-order valence-electron chi connectivity index (χ0n) is 19.9. The smallest absolute Gasteiger partial charge is 0.313 e. The van der Waals surface area contributed by atoms with E-state index in [-0.39, 0.29) is 16.9 Å². The molecular weight excluding hydrogens is 496 g/mol. The van der Waals surface area contributed by atoms with E-state index in [0.717, 1.165) is 72.9 Å². The number of hydrogen-bond donors (Lipinski definition) is 2. The van der Waals surface area contributed by atoms with E-state index in [4.69, 9.17) is 9.84 Å². The molecule has 36 heavy (non-hydrogen) atoms. The highest BCUT2D eigenvalue weighted by Crippen LogP contribution is 2.37. The van der Waals surface area contributed by atoms with Crippen LogP contribution in [0.4, 0.5) is 0 Å². The number of nitrogens with one attached hydrogen (secondary N) is 1. The lowest BCUT2D eigenvalue weighted by atomic mass is 9.83. The number of hydrogen-bond acceptors (Lipinski definition) is 6. The lowest BCUT2D eigenvalue weighted by Gasteiger charge is -2.27. The topological polar surface area (TPSA) is 109 Å². The van der Waals surface area contributed by atoms with Crippen LogP contribution in [0.25, 0.3) is 11.4 Å². The minimum absolute atomic E-state index is 0.00229. The molecule has 1 aromatic carbocycles. The van der Waals surface area contributed by atoms with Gasteiger partial charge in [0, 0.05) is 35.9 Å². The molecule has 2 aromatic heterocycles. The second kappa shape index (κ2) is 10.8. The number of H-pyrrole nitrogens is 1. The number of sulfone groups is 1. The number of thioether (sulfide) groups is 1. The molecule has 3 aromatic rings. The Morgan fingerprint density at radius 1 is 1.06 bits per heavy atom. The second-order valence-corrected chi connectivity index (χ2v) is 12.8. The normalized spacial score (nSPS) is 17.7. The molecule has 9 heteroatoms. The Hall–Kier alpha value is -2.62. The summed E-state index contributed by atoms with van der Waals surface area (Å²) in [7, 11) is -3.21. The largest absolute Gasteiger partial charge is 0.481 e. The summed E-state index contributed by atoms with van der Waals surface area (Å²) in [6.45, 7) is 1.56. The molecule has 0 spiro atoms. The standard InChI is InChI=1S/C27H30N2O5S2/c30-27(31)17-35-20-3-8-25(28-16-20)26-10-9-24(29-26)23(15-18-11-13-34-14-12-18)19-1-4-21(5-2-19)36(32,33)22-6-7-22/h1-5,8-10,16,18,22-23,29H,6-7,11-15,17H2,(H,30,31). The monoisotopic (exact) mass is 526 g/mol. The Morgan fingerprint density at radius 2 is 1.81 bits per heavy atom.